The second-order valence-corrected chi connectivity index (χ2v) is 5.88. The summed E-state index contributed by atoms with van der Waals surface area (Å²) in [7, 11) is 0. The summed E-state index contributed by atoms with van der Waals surface area (Å²) in [5, 5.41) is 3.42. The number of aromatic nitrogens is 1. The largest absolute Gasteiger partial charge is 0.307 e. The number of hydrogen-bond donors (Lipinski definition) is 1. The highest BCUT2D eigenvalue weighted by molar-refractivity contribution is 14.1. The Balaban J connectivity index is 2.03. The van der Waals surface area contributed by atoms with Crippen LogP contribution in [0.1, 0.15) is 11.1 Å². The maximum atomic E-state index is 11.8. The molecule has 0 unspecified atom stereocenters. The van der Waals surface area contributed by atoms with Gasteiger partial charge < -0.3 is 5.32 Å². The van der Waals surface area contributed by atoms with Crippen molar-refractivity contribution in [3.63, 3.8) is 0 Å². The van der Waals surface area contributed by atoms with Crippen LogP contribution >= 0.6 is 34.2 Å². The summed E-state index contributed by atoms with van der Waals surface area (Å²) in [5.41, 5.74) is 1.85. The molecule has 5 heteroatoms. The Hall–Kier alpha value is -1.40. The summed E-state index contributed by atoms with van der Waals surface area (Å²) in [5.74, 6) is 0.368. The summed E-state index contributed by atoms with van der Waals surface area (Å²) in [6.45, 7) is 1.91. The Bertz CT molecular complexity index is 653. The molecule has 1 aromatic heterocycles. The number of nitrogens with zero attached hydrogens (tertiary/aromatic N) is 1. The van der Waals surface area contributed by atoms with Crippen molar-refractivity contribution in [2.45, 2.75) is 6.92 Å². The highest BCUT2D eigenvalue weighted by Gasteiger charge is 2.03. The third kappa shape index (κ3) is 4.31. The lowest BCUT2D eigenvalue weighted by molar-refractivity contribution is -0.111. The minimum absolute atomic E-state index is 0.211. The zero-order chi connectivity index (χ0) is 14.5. The molecule has 0 atom stereocenters. The van der Waals surface area contributed by atoms with Gasteiger partial charge in [0.25, 0.3) is 0 Å². The molecule has 0 fully saturated rings. The van der Waals surface area contributed by atoms with Crippen LogP contribution in [-0.4, -0.2) is 10.9 Å². The molecule has 0 saturated carbocycles. The SMILES string of the molecule is Cc1cc(I)cnc1NC(=O)/C=C/c1ccc(Cl)cc1. The van der Waals surface area contributed by atoms with Crippen molar-refractivity contribution in [1.82, 2.24) is 4.98 Å². The molecule has 0 aliphatic rings. The van der Waals surface area contributed by atoms with Crippen LogP contribution in [0.15, 0.2) is 42.6 Å². The van der Waals surface area contributed by atoms with Crippen molar-refractivity contribution >= 4 is 52.0 Å². The molecule has 0 saturated heterocycles. The van der Waals surface area contributed by atoms with Gasteiger partial charge in [-0.25, -0.2) is 4.98 Å². The van der Waals surface area contributed by atoms with E-state index in [0.717, 1.165) is 14.7 Å². The normalized spacial score (nSPS) is 10.8. The highest BCUT2D eigenvalue weighted by atomic mass is 127. The zero-order valence-corrected chi connectivity index (χ0v) is 13.6. The van der Waals surface area contributed by atoms with E-state index in [-0.39, 0.29) is 5.91 Å². The van der Waals surface area contributed by atoms with Crippen LogP contribution in [0.25, 0.3) is 6.08 Å². The number of carbonyl (C=O) groups excluding carboxylic acids is 1. The molecular formula is C15H12ClIN2O. The second-order valence-electron chi connectivity index (χ2n) is 4.19. The van der Waals surface area contributed by atoms with E-state index < -0.39 is 0 Å². The van der Waals surface area contributed by atoms with Crippen LogP contribution in [0.2, 0.25) is 5.02 Å². The van der Waals surface area contributed by atoms with E-state index in [1.165, 1.54) is 6.08 Å². The fraction of sp³-hybridized carbons (Fsp3) is 0.0667. The number of nitrogens with one attached hydrogen (secondary N) is 1. The number of benzene rings is 1. The van der Waals surface area contributed by atoms with E-state index in [2.05, 4.69) is 32.9 Å². The smallest absolute Gasteiger partial charge is 0.249 e. The van der Waals surface area contributed by atoms with Gasteiger partial charge in [0.1, 0.15) is 5.82 Å². The zero-order valence-electron chi connectivity index (χ0n) is 10.7. The van der Waals surface area contributed by atoms with E-state index in [4.69, 9.17) is 11.6 Å². The van der Waals surface area contributed by atoms with Gasteiger partial charge in [-0.3, -0.25) is 4.79 Å². The second kappa shape index (κ2) is 6.85. The lowest BCUT2D eigenvalue weighted by Gasteiger charge is -2.05. The number of pyridine rings is 1. The molecule has 3 nitrogen and oxygen atoms in total. The van der Waals surface area contributed by atoms with Crippen LogP contribution in [0.5, 0.6) is 0 Å². The Morgan fingerprint density at radius 2 is 2.05 bits per heavy atom. The van der Waals surface area contributed by atoms with E-state index >= 15 is 0 Å². The first-order valence-corrected chi connectivity index (χ1v) is 7.37. The molecule has 0 aliphatic heterocycles. The van der Waals surface area contributed by atoms with Gasteiger partial charge in [-0.1, -0.05) is 23.7 Å². The molecule has 2 rings (SSSR count). The van der Waals surface area contributed by atoms with E-state index in [0.29, 0.717) is 10.8 Å². The van der Waals surface area contributed by atoms with E-state index in [1.807, 2.05) is 25.1 Å². The molecule has 1 amide bonds. The fourth-order valence-electron chi connectivity index (χ4n) is 1.58. The first-order valence-electron chi connectivity index (χ1n) is 5.91. The number of halogens is 2. The van der Waals surface area contributed by atoms with Gasteiger partial charge >= 0.3 is 0 Å². The standard InChI is InChI=1S/C15H12ClIN2O/c1-10-8-13(17)9-18-15(10)19-14(20)7-4-11-2-5-12(16)6-3-11/h2-9H,1H3,(H,18,19,20)/b7-4+. The fourth-order valence-corrected chi connectivity index (χ4v) is 2.31. The predicted molar refractivity (Wildman–Crippen MR) is 90.8 cm³/mol. The quantitative estimate of drug-likeness (QED) is 0.619. The lowest BCUT2D eigenvalue weighted by atomic mass is 10.2. The molecule has 0 radical (unpaired) electrons. The first kappa shape index (κ1) is 15.0. The number of hydrogen-bond acceptors (Lipinski definition) is 2. The monoisotopic (exact) mass is 398 g/mol. The van der Waals surface area contributed by atoms with Gasteiger partial charge in [0.15, 0.2) is 0 Å². The molecule has 0 spiro atoms. The Morgan fingerprint density at radius 3 is 2.70 bits per heavy atom. The van der Waals surface area contributed by atoms with Gasteiger partial charge in [0.2, 0.25) is 5.91 Å². The van der Waals surface area contributed by atoms with Crippen LogP contribution < -0.4 is 5.32 Å². The topological polar surface area (TPSA) is 42.0 Å². The van der Waals surface area contributed by atoms with Crippen LogP contribution in [0, 0.1) is 10.5 Å². The van der Waals surface area contributed by atoms with Crippen molar-refractivity contribution in [2.75, 3.05) is 5.32 Å². The third-order valence-electron chi connectivity index (χ3n) is 2.58. The van der Waals surface area contributed by atoms with Crippen molar-refractivity contribution in [3.8, 4) is 0 Å². The van der Waals surface area contributed by atoms with Crippen molar-refractivity contribution < 1.29 is 4.79 Å². The molecule has 102 valence electrons. The summed E-state index contributed by atoms with van der Waals surface area (Å²) in [6, 6.07) is 9.22. The number of anilines is 1. The van der Waals surface area contributed by atoms with Crippen molar-refractivity contribution in [2.24, 2.45) is 0 Å². The minimum Gasteiger partial charge on any atom is -0.307 e. The average molecular weight is 399 g/mol. The molecular weight excluding hydrogens is 387 g/mol. The van der Waals surface area contributed by atoms with Gasteiger partial charge in [-0.15, -0.1) is 0 Å². The number of carbonyl (C=O) groups is 1. The van der Waals surface area contributed by atoms with Gasteiger partial charge in [-0.2, -0.15) is 0 Å². The van der Waals surface area contributed by atoms with Gasteiger partial charge in [0.05, 0.1) is 0 Å². The summed E-state index contributed by atoms with van der Waals surface area (Å²) < 4.78 is 1.04. The number of aryl methyl sites for hydroxylation is 1. The molecule has 2 aromatic rings. The highest BCUT2D eigenvalue weighted by Crippen LogP contribution is 2.14. The number of rotatable bonds is 3. The van der Waals surface area contributed by atoms with Gasteiger partial charge in [-0.05, 0) is 64.9 Å². The van der Waals surface area contributed by atoms with Gasteiger partial charge in [0, 0.05) is 20.9 Å². The molecule has 20 heavy (non-hydrogen) atoms. The maximum Gasteiger partial charge on any atom is 0.249 e. The average Bonchev–Trinajstić information content (AvgIpc) is 2.41. The molecule has 1 N–H and O–H groups in total. The maximum absolute atomic E-state index is 11.8. The van der Waals surface area contributed by atoms with Crippen LogP contribution in [-0.2, 0) is 4.79 Å². The molecule has 0 aliphatic carbocycles. The van der Waals surface area contributed by atoms with E-state index in [9.17, 15) is 4.79 Å². The molecule has 1 heterocycles. The van der Waals surface area contributed by atoms with Crippen molar-refractivity contribution in [1.29, 1.82) is 0 Å². The number of amides is 1. The lowest BCUT2D eigenvalue weighted by Crippen LogP contribution is -2.10. The Labute approximate surface area is 136 Å². The van der Waals surface area contributed by atoms with Crippen LogP contribution in [0.3, 0.4) is 0 Å². The Kier molecular flexibility index (Phi) is 5.14. The van der Waals surface area contributed by atoms with Crippen LogP contribution in [0.4, 0.5) is 5.82 Å². The first-order chi connectivity index (χ1) is 9.54. The van der Waals surface area contributed by atoms with Crippen molar-refractivity contribution in [3.05, 3.63) is 62.3 Å². The minimum atomic E-state index is -0.211. The summed E-state index contributed by atoms with van der Waals surface area (Å²) in [6.07, 6.45) is 4.92. The molecule has 1 aromatic carbocycles. The van der Waals surface area contributed by atoms with E-state index in [1.54, 1.807) is 24.4 Å². The molecule has 0 bridgehead atoms. The summed E-state index contributed by atoms with van der Waals surface area (Å²) >= 11 is 7.98. The third-order valence-corrected chi connectivity index (χ3v) is 3.43. The predicted octanol–water partition coefficient (Wildman–Crippen LogP) is 4.30. The summed E-state index contributed by atoms with van der Waals surface area (Å²) in [4.78, 5) is 16.0. The Morgan fingerprint density at radius 1 is 1.35 bits per heavy atom.